The molecular weight excluding hydrogens is 334 g/mol. The van der Waals surface area contributed by atoms with Crippen LogP contribution in [0.1, 0.15) is 42.5 Å². The molecule has 0 radical (unpaired) electrons. The van der Waals surface area contributed by atoms with Crippen molar-refractivity contribution in [3.8, 4) is 0 Å². The van der Waals surface area contributed by atoms with E-state index in [1.807, 2.05) is 18.7 Å². The number of piperidine rings is 1. The fraction of sp³-hybridized carbons (Fsp3) is 0.632. The van der Waals surface area contributed by atoms with E-state index in [4.69, 9.17) is 0 Å². The van der Waals surface area contributed by atoms with Crippen molar-refractivity contribution in [2.45, 2.75) is 52.5 Å². The zero-order chi connectivity index (χ0) is 17.6. The Morgan fingerprint density at radius 2 is 2.00 bits per heavy atom. The molecule has 134 valence electrons. The molecule has 2 aromatic rings. The van der Waals surface area contributed by atoms with Crippen LogP contribution in [0.25, 0.3) is 10.2 Å². The first-order valence-corrected chi connectivity index (χ1v) is 10.1. The molecule has 0 spiro atoms. The lowest BCUT2D eigenvalue weighted by atomic mass is 9.75. The van der Waals surface area contributed by atoms with Gasteiger partial charge >= 0.3 is 0 Å². The van der Waals surface area contributed by atoms with Crippen LogP contribution in [0.3, 0.4) is 0 Å². The number of amides is 1. The molecular formula is C19H25N3O2S. The Hall–Kier alpha value is -1.69. The largest absolute Gasteiger partial charge is 0.341 e. The van der Waals surface area contributed by atoms with Gasteiger partial charge in [-0.2, -0.15) is 0 Å². The molecule has 2 fully saturated rings. The second-order valence-corrected chi connectivity index (χ2v) is 8.78. The smallest absolute Gasteiger partial charge is 0.262 e. The minimum absolute atomic E-state index is 0.0527. The lowest BCUT2D eigenvalue weighted by molar-refractivity contribution is -0.135. The number of carbonyl (C=O) groups excluding carboxylic acids is 1. The summed E-state index contributed by atoms with van der Waals surface area (Å²) in [7, 11) is 0. The van der Waals surface area contributed by atoms with Gasteiger partial charge in [0.05, 0.1) is 11.7 Å². The molecule has 1 amide bonds. The first kappa shape index (κ1) is 16.8. The number of hydrogen-bond donors (Lipinski definition) is 0. The maximum atomic E-state index is 12.8. The molecule has 5 nitrogen and oxygen atoms in total. The summed E-state index contributed by atoms with van der Waals surface area (Å²) in [6, 6.07) is 0. The van der Waals surface area contributed by atoms with Gasteiger partial charge in [-0.1, -0.05) is 19.3 Å². The molecule has 0 aromatic carbocycles. The second kappa shape index (κ2) is 6.56. The highest BCUT2D eigenvalue weighted by molar-refractivity contribution is 7.18. The van der Waals surface area contributed by atoms with Crippen molar-refractivity contribution in [2.24, 2.45) is 11.8 Å². The summed E-state index contributed by atoms with van der Waals surface area (Å²) in [6.07, 6.45) is 7.85. The maximum absolute atomic E-state index is 12.8. The van der Waals surface area contributed by atoms with Gasteiger partial charge in [-0.15, -0.1) is 11.3 Å². The number of hydrogen-bond acceptors (Lipinski definition) is 4. The van der Waals surface area contributed by atoms with E-state index >= 15 is 0 Å². The summed E-state index contributed by atoms with van der Waals surface area (Å²) in [5.41, 5.74) is 0.898. The zero-order valence-corrected chi connectivity index (χ0v) is 15.8. The SMILES string of the molecule is Cc1sc2ncn(CC(=O)N3CC[C@@H]4CCCC[C@@H]4C3)c(=O)c2c1C. The van der Waals surface area contributed by atoms with Gasteiger partial charge in [-0.05, 0) is 44.1 Å². The first-order valence-electron chi connectivity index (χ1n) is 9.27. The van der Waals surface area contributed by atoms with Gasteiger partial charge in [-0.25, -0.2) is 4.98 Å². The molecule has 0 unspecified atom stereocenters. The lowest BCUT2D eigenvalue weighted by Crippen LogP contribution is -2.46. The molecule has 4 rings (SSSR count). The number of aryl methyl sites for hydroxylation is 2. The van der Waals surface area contributed by atoms with E-state index in [-0.39, 0.29) is 18.0 Å². The van der Waals surface area contributed by atoms with E-state index in [1.54, 1.807) is 11.3 Å². The Balaban J connectivity index is 1.53. The molecule has 0 bridgehead atoms. The molecule has 6 heteroatoms. The Bertz CT molecular complexity index is 869. The van der Waals surface area contributed by atoms with Crippen LogP contribution in [-0.4, -0.2) is 33.4 Å². The highest BCUT2D eigenvalue weighted by Gasteiger charge is 2.33. The fourth-order valence-electron chi connectivity index (χ4n) is 4.46. The number of aromatic nitrogens is 2. The van der Waals surface area contributed by atoms with E-state index in [0.717, 1.165) is 40.7 Å². The summed E-state index contributed by atoms with van der Waals surface area (Å²) in [5, 5.41) is 0.670. The second-order valence-electron chi connectivity index (χ2n) is 7.57. The molecule has 1 aliphatic heterocycles. The summed E-state index contributed by atoms with van der Waals surface area (Å²) in [5.74, 6) is 1.51. The first-order chi connectivity index (χ1) is 12.0. The normalized spacial score (nSPS) is 23.7. The molecule has 3 heterocycles. The van der Waals surface area contributed by atoms with Crippen molar-refractivity contribution < 1.29 is 4.79 Å². The van der Waals surface area contributed by atoms with E-state index in [2.05, 4.69) is 4.98 Å². The van der Waals surface area contributed by atoms with E-state index in [9.17, 15) is 9.59 Å². The summed E-state index contributed by atoms with van der Waals surface area (Å²) < 4.78 is 1.48. The van der Waals surface area contributed by atoms with Crippen LogP contribution in [0.2, 0.25) is 0 Å². The minimum Gasteiger partial charge on any atom is -0.341 e. The van der Waals surface area contributed by atoms with Crippen LogP contribution in [0.5, 0.6) is 0 Å². The van der Waals surface area contributed by atoms with Crippen molar-refractivity contribution in [3.05, 3.63) is 27.1 Å². The van der Waals surface area contributed by atoms with Crippen molar-refractivity contribution in [1.29, 1.82) is 0 Å². The molecule has 2 atom stereocenters. The van der Waals surface area contributed by atoms with Crippen LogP contribution in [-0.2, 0) is 11.3 Å². The van der Waals surface area contributed by atoms with Crippen LogP contribution in [0.15, 0.2) is 11.1 Å². The number of rotatable bonds is 2. The Morgan fingerprint density at radius 1 is 1.24 bits per heavy atom. The third kappa shape index (κ3) is 3.01. The van der Waals surface area contributed by atoms with Gasteiger partial charge in [0, 0.05) is 18.0 Å². The van der Waals surface area contributed by atoms with Crippen molar-refractivity contribution in [3.63, 3.8) is 0 Å². The predicted octanol–water partition coefficient (Wildman–Crippen LogP) is 3.11. The average molecular weight is 359 g/mol. The van der Waals surface area contributed by atoms with Crippen molar-refractivity contribution >= 4 is 27.5 Å². The number of likely N-dealkylation sites (tertiary alicyclic amines) is 1. The zero-order valence-electron chi connectivity index (χ0n) is 15.0. The molecule has 0 N–H and O–H groups in total. The van der Waals surface area contributed by atoms with Gasteiger partial charge < -0.3 is 4.90 Å². The van der Waals surface area contributed by atoms with Gasteiger partial charge in [0.15, 0.2) is 0 Å². The minimum atomic E-state index is -0.0900. The standard InChI is InChI=1S/C19H25N3O2S/c1-12-13(2)25-18-17(12)19(24)22(11-20-18)10-16(23)21-8-7-14-5-3-4-6-15(14)9-21/h11,14-15H,3-10H2,1-2H3/t14-,15+/m0/s1. The van der Waals surface area contributed by atoms with Crippen LogP contribution < -0.4 is 5.56 Å². The van der Waals surface area contributed by atoms with Gasteiger partial charge in [0.1, 0.15) is 11.4 Å². The number of carbonyl (C=O) groups is 1. The maximum Gasteiger partial charge on any atom is 0.262 e. The third-order valence-electron chi connectivity index (χ3n) is 6.11. The summed E-state index contributed by atoms with van der Waals surface area (Å²) in [6.45, 7) is 5.77. The van der Waals surface area contributed by atoms with Crippen molar-refractivity contribution in [1.82, 2.24) is 14.5 Å². The number of nitrogens with zero attached hydrogens (tertiary/aromatic N) is 3. The van der Waals surface area contributed by atoms with E-state index in [1.165, 1.54) is 36.6 Å². The average Bonchev–Trinajstić information content (AvgIpc) is 2.92. The summed E-state index contributed by atoms with van der Waals surface area (Å²) in [4.78, 5) is 33.8. The molecule has 1 saturated carbocycles. The quantitative estimate of drug-likeness (QED) is 0.828. The highest BCUT2D eigenvalue weighted by atomic mass is 32.1. The number of thiophene rings is 1. The van der Waals surface area contributed by atoms with Crippen LogP contribution >= 0.6 is 11.3 Å². The van der Waals surface area contributed by atoms with Gasteiger partial charge in [0.2, 0.25) is 5.91 Å². The van der Waals surface area contributed by atoms with Crippen molar-refractivity contribution in [2.75, 3.05) is 13.1 Å². The topological polar surface area (TPSA) is 55.2 Å². The Labute approximate surface area is 151 Å². The van der Waals surface area contributed by atoms with E-state index in [0.29, 0.717) is 11.3 Å². The Morgan fingerprint density at radius 3 is 2.80 bits per heavy atom. The van der Waals surface area contributed by atoms with Crippen LogP contribution in [0, 0.1) is 25.7 Å². The van der Waals surface area contributed by atoms with Gasteiger partial charge in [0.25, 0.3) is 5.56 Å². The Kier molecular flexibility index (Phi) is 4.40. The highest BCUT2D eigenvalue weighted by Crippen LogP contribution is 2.36. The molecule has 1 saturated heterocycles. The molecule has 2 aromatic heterocycles. The fourth-order valence-corrected chi connectivity index (χ4v) is 5.44. The molecule has 25 heavy (non-hydrogen) atoms. The molecule has 2 aliphatic rings. The molecule has 1 aliphatic carbocycles. The third-order valence-corrected chi connectivity index (χ3v) is 7.22. The van der Waals surface area contributed by atoms with Crippen LogP contribution in [0.4, 0.5) is 0 Å². The lowest BCUT2D eigenvalue weighted by Gasteiger charge is -2.41. The number of fused-ring (bicyclic) bond motifs is 2. The monoisotopic (exact) mass is 359 g/mol. The van der Waals surface area contributed by atoms with E-state index < -0.39 is 0 Å². The van der Waals surface area contributed by atoms with Gasteiger partial charge in [-0.3, -0.25) is 14.2 Å². The summed E-state index contributed by atoms with van der Waals surface area (Å²) >= 11 is 1.54. The predicted molar refractivity (Wildman–Crippen MR) is 100.0 cm³/mol.